The van der Waals surface area contributed by atoms with Gasteiger partial charge in [0, 0.05) is 30.4 Å². The molecular weight excluding hydrogens is 434 g/mol. The molecule has 0 aliphatic carbocycles. The largest absolute Gasteiger partial charge is 0.486 e. The van der Waals surface area contributed by atoms with E-state index in [4.69, 9.17) is 4.74 Å². The number of ether oxygens (including phenoxy) is 1. The normalized spacial score (nSPS) is 18.5. The van der Waals surface area contributed by atoms with Gasteiger partial charge < -0.3 is 15.0 Å². The van der Waals surface area contributed by atoms with Crippen LogP contribution in [-0.4, -0.2) is 48.8 Å². The van der Waals surface area contributed by atoms with Crippen LogP contribution in [0.15, 0.2) is 47.4 Å². The Balaban J connectivity index is 1.33. The molecule has 1 fully saturated rings. The zero-order valence-electron chi connectivity index (χ0n) is 19.7. The summed E-state index contributed by atoms with van der Waals surface area (Å²) in [4.78, 5) is 31.1. The van der Waals surface area contributed by atoms with E-state index in [1.165, 1.54) is 4.90 Å². The van der Waals surface area contributed by atoms with Crippen LogP contribution in [-0.2, 0) is 11.3 Å². The maximum absolute atomic E-state index is 13.4. The highest BCUT2D eigenvalue weighted by molar-refractivity contribution is 7.98. The van der Waals surface area contributed by atoms with Crippen LogP contribution in [0, 0.1) is 12.8 Å². The van der Waals surface area contributed by atoms with Gasteiger partial charge in [0.2, 0.25) is 5.91 Å². The molecule has 0 aromatic heterocycles. The Labute approximate surface area is 200 Å². The first-order valence-electron chi connectivity index (χ1n) is 11.7. The fraction of sp³-hybridized carbons (Fsp3) is 0.462. The van der Waals surface area contributed by atoms with Crippen LogP contribution in [0.25, 0.3) is 0 Å². The summed E-state index contributed by atoms with van der Waals surface area (Å²) in [5.74, 6) is 0.795. The Kier molecular flexibility index (Phi) is 7.48. The summed E-state index contributed by atoms with van der Waals surface area (Å²) in [6.07, 6.45) is 4.27. The van der Waals surface area contributed by atoms with Gasteiger partial charge in [-0.05, 0) is 67.8 Å². The lowest BCUT2D eigenvalue weighted by Crippen LogP contribution is -2.52. The van der Waals surface area contributed by atoms with Gasteiger partial charge in [-0.25, -0.2) is 4.79 Å². The SMILES string of the molecule is CC[C@H]1CN(C(=O)N2CCC(C(=O)NCc3ccc(SC)cc3)CC2)c2cc(C)ccc2O1. The minimum atomic E-state index is -0.0536. The van der Waals surface area contributed by atoms with Crippen molar-refractivity contribution in [3.8, 4) is 5.75 Å². The summed E-state index contributed by atoms with van der Waals surface area (Å²) >= 11 is 1.71. The average molecular weight is 468 g/mol. The standard InChI is InChI=1S/C26H33N3O3S/c1-4-21-17-29(23-15-18(2)5-10-24(23)32-21)26(31)28-13-11-20(12-14-28)25(30)27-16-19-6-8-22(33-3)9-7-19/h5-10,15,20-21H,4,11-14,16-17H2,1-3H3,(H,27,30)/t21-/m0/s1. The molecule has 0 saturated carbocycles. The molecule has 2 aliphatic heterocycles. The van der Waals surface area contributed by atoms with Crippen LogP contribution in [0.2, 0.25) is 0 Å². The quantitative estimate of drug-likeness (QED) is 0.639. The van der Waals surface area contributed by atoms with Crippen LogP contribution >= 0.6 is 11.8 Å². The summed E-state index contributed by atoms with van der Waals surface area (Å²) < 4.78 is 6.06. The van der Waals surface area contributed by atoms with Crippen molar-refractivity contribution in [2.45, 2.75) is 50.7 Å². The van der Waals surface area contributed by atoms with Crippen molar-refractivity contribution in [3.05, 3.63) is 53.6 Å². The lowest BCUT2D eigenvalue weighted by molar-refractivity contribution is -0.126. The highest BCUT2D eigenvalue weighted by Crippen LogP contribution is 2.36. The van der Waals surface area contributed by atoms with Crippen molar-refractivity contribution in [2.24, 2.45) is 5.92 Å². The third-order valence-electron chi connectivity index (χ3n) is 6.53. The number of fused-ring (bicyclic) bond motifs is 1. The Hall–Kier alpha value is -2.67. The van der Waals surface area contributed by atoms with E-state index in [0.717, 1.165) is 29.0 Å². The number of nitrogens with zero attached hydrogens (tertiary/aromatic N) is 2. The molecule has 2 aromatic rings. The molecule has 0 spiro atoms. The number of anilines is 1. The summed E-state index contributed by atoms with van der Waals surface area (Å²) in [5.41, 5.74) is 3.04. The third-order valence-corrected chi connectivity index (χ3v) is 7.28. The number of hydrogen-bond acceptors (Lipinski definition) is 4. The predicted molar refractivity (Wildman–Crippen MR) is 133 cm³/mol. The summed E-state index contributed by atoms with van der Waals surface area (Å²) in [5, 5.41) is 3.07. The van der Waals surface area contributed by atoms with Crippen LogP contribution in [0.1, 0.15) is 37.3 Å². The second-order valence-corrected chi connectivity index (χ2v) is 9.72. The second kappa shape index (κ2) is 10.5. The molecule has 33 heavy (non-hydrogen) atoms. The van der Waals surface area contributed by atoms with Crippen LogP contribution < -0.4 is 15.0 Å². The van der Waals surface area contributed by atoms with Crippen molar-refractivity contribution in [1.82, 2.24) is 10.2 Å². The van der Waals surface area contributed by atoms with Crippen molar-refractivity contribution >= 4 is 29.4 Å². The molecule has 1 atom stereocenters. The molecule has 7 heteroatoms. The van der Waals surface area contributed by atoms with Crippen LogP contribution in [0.5, 0.6) is 5.75 Å². The third kappa shape index (κ3) is 5.46. The van der Waals surface area contributed by atoms with Crippen LogP contribution in [0.3, 0.4) is 0 Å². The molecule has 0 radical (unpaired) electrons. The van der Waals surface area contributed by atoms with E-state index in [1.54, 1.807) is 11.8 Å². The van der Waals surface area contributed by atoms with Gasteiger partial charge in [-0.2, -0.15) is 0 Å². The van der Waals surface area contributed by atoms with E-state index in [0.29, 0.717) is 39.0 Å². The summed E-state index contributed by atoms with van der Waals surface area (Å²) in [6, 6.07) is 14.3. The first-order valence-corrected chi connectivity index (χ1v) is 12.9. The maximum atomic E-state index is 13.4. The Bertz CT molecular complexity index is 987. The zero-order valence-corrected chi connectivity index (χ0v) is 20.5. The van der Waals surface area contributed by atoms with Gasteiger partial charge in [0.15, 0.2) is 0 Å². The van der Waals surface area contributed by atoms with Gasteiger partial charge >= 0.3 is 6.03 Å². The molecule has 3 amide bonds. The number of piperidine rings is 1. The van der Waals surface area contributed by atoms with Crippen molar-refractivity contribution < 1.29 is 14.3 Å². The number of benzene rings is 2. The van der Waals surface area contributed by atoms with E-state index in [-0.39, 0.29) is 24.0 Å². The number of aryl methyl sites for hydroxylation is 1. The molecule has 1 N–H and O–H groups in total. The maximum Gasteiger partial charge on any atom is 0.324 e. The molecule has 0 unspecified atom stereocenters. The number of thioether (sulfide) groups is 1. The Morgan fingerprint density at radius 2 is 1.85 bits per heavy atom. The minimum Gasteiger partial charge on any atom is -0.486 e. The number of urea groups is 1. The second-order valence-electron chi connectivity index (χ2n) is 8.84. The molecule has 1 saturated heterocycles. The molecule has 0 bridgehead atoms. The molecule has 2 aliphatic rings. The van der Waals surface area contributed by atoms with Gasteiger partial charge in [0.25, 0.3) is 0 Å². The van der Waals surface area contributed by atoms with Crippen LogP contribution in [0.4, 0.5) is 10.5 Å². The van der Waals surface area contributed by atoms with Crippen molar-refractivity contribution in [2.75, 3.05) is 30.8 Å². The van der Waals surface area contributed by atoms with E-state index < -0.39 is 0 Å². The highest BCUT2D eigenvalue weighted by Gasteiger charge is 2.34. The lowest BCUT2D eigenvalue weighted by Gasteiger charge is -2.39. The number of nitrogens with one attached hydrogen (secondary N) is 1. The van der Waals surface area contributed by atoms with Gasteiger partial charge in [-0.1, -0.05) is 25.1 Å². The van der Waals surface area contributed by atoms with E-state index >= 15 is 0 Å². The molecule has 2 aromatic carbocycles. The number of rotatable bonds is 5. The fourth-order valence-electron chi connectivity index (χ4n) is 4.43. The van der Waals surface area contributed by atoms with Crippen molar-refractivity contribution in [3.63, 3.8) is 0 Å². The van der Waals surface area contributed by atoms with E-state index in [9.17, 15) is 9.59 Å². The van der Waals surface area contributed by atoms with E-state index in [2.05, 4.69) is 42.8 Å². The number of hydrogen-bond donors (Lipinski definition) is 1. The molecule has 4 rings (SSSR count). The first kappa shape index (κ1) is 23.5. The first-order chi connectivity index (χ1) is 16.0. The summed E-state index contributed by atoms with van der Waals surface area (Å²) in [7, 11) is 0. The Morgan fingerprint density at radius 3 is 2.52 bits per heavy atom. The zero-order chi connectivity index (χ0) is 23.4. The monoisotopic (exact) mass is 467 g/mol. The van der Waals surface area contributed by atoms with Crippen molar-refractivity contribution in [1.29, 1.82) is 0 Å². The highest BCUT2D eigenvalue weighted by atomic mass is 32.2. The summed E-state index contributed by atoms with van der Waals surface area (Å²) in [6.45, 7) is 6.38. The van der Waals surface area contributed by atoms with E-state index in [1.807, 2.05) is 34.9 Å². The molecule has 176 valence electrons. The lowest BCUT2D eigenvalue weighted by atomic mass is 9.96. The van der Waals surface area contributed by atoms with Gasteiger partial charge in [-0.15, -0.1) is 11.8 Å². The number of amides is 3. The molecule has 6 nitrogen and oxygen atoms in total. The number of carbonyl (C=O) groups is 2. The predicted octanol–water partition coefficient (Wildman–Crippen LogP) is 4.84. The van der Waals surface area contributed by atoms with Gasteiger partial charge in [0.05, 0.1) is 12.2 Å². The average Bonchev–Trinajstić information content (AvgIpc) is 2.86. The Morgan fingerprint density at radius 1 is 1.12 bits per heavy atom. The number of likely N-dealkylation sites (tertiary alicyclic amines) is 1. The molecular formula is C26H33N3O3S. The van der Waals surface area contributed by atoms with Gasteiger partial charge in [-0.3, -0.25) is 9.69 Å². The van der Waals surface area contributed by atoms with Gasteiger partial charge in [0.1, 0.15) is 11.9 Å². The molecule has 2 heterocycles. The topological polar surface area (TPSA) is 61.9 Å². The number of carbonyl (C=O) groups excluding carboxylic acids is 2. The smallest absolute Gasteiger partial charge is 0.324 e. The fourth-order valence-corrected chi connectivity index (χ4v) is 4.84. The minimum absolute atomic E-state index is 0.00235.